The van der Waals surface area contributed by atoms with Gasteiger partial charge in [0, 0.05) is 12.6 Å². The molecule has 2 nitrogen and oxygen atoms in total. The number of halogens is 3. The monoisotopic (exact) mass is 268 g/mol. The van der Waals surface area contributed by atoms with Crippen LogP contribution in [-0.4, -0.2) is 9.78 Å². The Labute approximate surface area is 109 Å². The molecule has 0 atom stereocenters. The van der Waals surface area contributed by atoms with Crippen LogP contribution in [0.5, 0.6) is 0 Å². The van der Waals surface area contributed by atoms with E-state index in [-0.39, 0.29) is 0 Å². The lowest BCUT2D eigenvalue weighted by Gasteiger charge is -2.11. The lowest BCUT2D eigenvalue weighted by molar-refractivity contribution is -0.141. The molecular weight excluding hydrogens is 253 g/mol. The van der Waals surface area contributed by atoms with Gasteiger partial charge in [-0.3, -0.25) is 4.68 Å². The highest BCUT2D eigenvalue weighted by atomic mass is 19.4. The molecule has 0 N–H and O–H groups in total. The summed E-state index contributed by atoms with van der Waals surface area (Å²) in [5.41, 5.74) is 3.45. The number of alkyl halides is 3. The summed E-state index contributed by atoms with van der Waals surface area (Å²) in [5, 5.41) is 3.55. The van der Waals surface area contributed by atoms with E-state index in [4.69, 9.17) is 0 Å². The number of nitrogens with zero attached hydrogens (tertiary/aromatic N) is 2. The number of hydrogen-bond acceptors (Lipinski definition) is 1. The number of hydrogen-bond donors (Lipinski definition) is 0. The molecule has 0 fully saturated rings. The Morgan fingerprint density at radius 1 is 1.00 bits per heavy atom. The lowest BCUT2D eigenvalue weighted by atomic mass is 9.97. The third-order valence-corrected chi connectivity index (χ3v) is 3.10. The van der Waals surface area contributed by atoms with Crippen molar-refractivity contribution in [1.82, 2.24) is 9.78 Å². The molecular formula is C14H15F3N2. The first-order valence-corrected chi connectivity index (χ1v) is 5.89. The molecule has 0 aliphatic heterocycles. The van der Waals surface area contributed by atoms with Gasteiger partial charge in [0.15, 0.2) is 5.69 Å². The van der Waals surface area contributed by atoms with Crippen molar-refractivity contribution in [1.29, 1.82) is 0 Å². The summed E-state index contributed by atoms with van der Waals surface area (Å²) >= 11 is 0. The maximum absolute atomic E-state index is 12.7. The van der Waals surface area contributed by atoms with Crippen LogP contribution in [-0.2, 0) is 13.2 Å². The lowest BCUT2D eigenvalue weighted by Crippen LogP contribution is -2.06. The zero-order valence-electron chi connectivity index (χ0n) is 11.3. The average molecular weight is 268 g/mol. The molecule has 1 aromatic heterocycles. The van der Waals surface area contributed by atoms with Gasteiger partial charge < -0.3 is 0 Å². The number of benzene rings is 1. The summed E-state index contributed by atoms with van der Waals surface area (Å²) in [5.74, 6) is 0. The van der Waals surface area contributed by atoms with Gasteiger partial charge >= 0.3 is 6.18 Å². The average Bonchev–Trinajstić information content (AvgIpc) is 2.59. The first kappa shape index (κ1) is 13.6. The SMILES string of the molecule is Cc1cc(C)c(-c2cc(C(F)(F)F)nn2C)c(C)c1. The third kappa shape index (κ3) is 2.50. The minimum Gasteiger partial charge on any atom is -0.267 e. The van der Waals surface area contributed by atoms with Gasteiger partial charge in [-0.2, -0.15) is 18.3 Å². The first-order valence-electron chi connectivity index (χ1n) is 5.89. The van der Waals surface area contributed by atoms with Crippen LogP contribution in [0.2, 0.25) is 0 Å². The van der Waals surface area contributed by atoms with Crippen molar-refractivity contribution in [2.45, 2.75) is 26.9 Å². The Kier molecular flexibility index (Phi) is 3.16. The molecule has 0 bridgehead atoms. The van der Waals surface area contributed by atoms with Crippen molar-refractivity contribution in [3.8, 4) is 11.3 Å². The zero-order valence-corrected chi connectivity index (χ0v) is 11.3. The maximum atomic E-state index is 12.7. The van der Waals surface area contributed by atoms with Gasteiger partial charge in [0.05, 0.1) is 5.69 Å². The molecule has 2 aromatic rings. The topological polar surface area (TPSA) is 17.8 Å². The zero-order chi connectivity index (χ0) is 14.4. The standard InChI is InChI=1S/C14H15F3N2/c1-8-5-9(2)13(10(3)6-8)11-7-12(14(15,16)17)18-19(11)4/h5-7H,1-4H3. The van der Waals surface area contributed by atoms with E-state index < -0.39 is 11.9 Å². The third-order valence-electron chi connectivity index (χ3n) is 3.10. The molecule has 19 heavy (non-hydrogen) atoms. The molecule has 1 aromatic carbocycles. The van der Waals surface area contributed by atoms with Crippen LogP contribution in [0.25, 0.3) is 11.3 Å². The highest BCUT2D eigenvalue weighted by Gasteiger charge is 2.34. The highest BCUT2D eigenvalue weighted by molar-refractivity contribution is 5.69. The molecule has 0 aliphatic rings. The molecule has 0 saturated carbocycles. The Hall–Kier alpha value is -1.78. The molecule has 5 heteroatoms. The van der Waals surface area contributed by atoms with Crippen molar-refractivity contribution >= 4 is 0 Å². The predicted octanol–water partition coefficient (Wildman–Crippen LogP) is 4.03. The molecule has 2 rings (SSSR count). The van der Waals surface area contributed by atoms with Crippen LogP contribution in [0.15, 0.2) is 18.2 Å². The second-order valence-corrected chi connectivity index (χ2v) is 4.81. The molecule has 0 aliphatic carbocycles. The van der Waals surface area contributed by atoms with E-state index in [1.807, 2.05) is 32.9 Å². The highest BCUT2D eigenvalue weighted by Crippen LogP contribution is 2.34. The second-order valence-electron chi connectivity index (χ2n) is 4.81. The summed E-state index contributed by atoms with van der Waals surface area (Å²) in [7, 11) is 1.53. The quantitative estimate of drug-likeness (QED) is 0.763. The van der Waals surface area contributed by atoms with Gasteiger partial charge in [-0.05, 0) is 38.0 Å². The number of aryl methyl sites for hydroxylation is 4. The van der Waals surface area contributed by atoms with Crippen LogP contribution in [0, 0.1) is 20.8 Å². The van der Waals surface area contributed by atoms with E-state index in [0.717, 1.165) is 28.3 Å². The smallest absolute Gasteiger partial charge is 0.267 e. The Balaban J connectivity index is 2.64. The summed E-state index contributed by atoms with van der Waals surface area (Å²) in [6, 6.07) is 5.02. The van der Waals surface area contributed by atoms with Crippen LogP contribution in [0.3, 0.4) is 0 Å². The summed E-state index contributed by atoms with van der Waals surface area (Å²) in [6.45, 7) is 5.76. The first-order chi connectivity index (χ1) is 8.70. The fourth-order valence-electron chi connectivity index (χ4n) is 2.42. The van der Waals surface area contributed by atoms with Gasteiger partial charge in [-0.25, -0.2) is 0 Å². The van der Waals surface area contributed by atoms with Crippen molar-refractivity contribution in [3.63, 3.8) is 0 Å². The molecule has 1 heterocycles. The van der Waals surface area contributed by atoms with Gasteiger partial charge in [0.25, 0.3) is 0 Å². The fraction of sp³-hybridized carbons (Fsp3) is 0.357. The Morgan fingerprint density at radius 2 is 1.53 bits per heavy atom. The van der Waals surface area contributed by atoms with Crippen LogP contribution >= 0.6 is 0 Å². The van der Waals surface area contributed by atoms with Gasteiger partial charge in [0.1, 0.15) is 0 Å². The van der Waals surface area contributed by atoms with E-state index >= 15 is 0 Å². The number of rotatable bonds is 1. The molecule has 0 radical (unpaired) electrons. The molecule has 102 valence electrons. The summed E-state index contributed by atoms with van der Waals surface area (Å²) in [6.07, 6.45) is -4.41. The van der Waals surface area contributed by atoms with E-state index in [2.05, 4.69) is 5.10 Å². The molecule has 0 saturated heterocycles. The molecule has 0 spiro atoms. The van der Waals surface area contributed by atoms with E-state index in [1.54, 1.807) is 0 Å². The van der Waals surface area contributed by atoms with Crippen LogP contribution in [0.4, 0.5) is 13.2 Å². The van der Waals surface area contributed by atoms with Gasteiger partial charge in [0.2, 0.25) is 0 Å². The van der Waals surface area contributed by atoms with E-state index in [9.17, 15) is 13.2 Å². The van der Waals surface area contributed by atoms with Crippen molar-refractivity contribution in [2.24, 2.45) is 7.05 Å². The predicted molar refractivity (Wildman–Crippen MR) is 67.9 cm³/mol. The van der Waals surface area contributed by atoms with Crippen molar-refractivity contribution in [3.05, 3.63) is 40.6 Å². The maximum Gasteiger partial charge on any atom is 0.435 e. The molecule has 0 amide bonds. The van der Waals surface area contributed by atoms with E-state index in [1.165, 1.54) is 11.7 Å². The fourth-order valence-corrected chi connectivity index (χ4v) is 2.42. The molecule has 0 unspecified atom stereocenters. The second kappa shape index (κ2) is 4.40. The largest absolute Gasteiger partial charge is 0.435 e. The normalized spacial score (nSPS) is 11.9. The Bertz CT molecular complexity index is 601. The number of aromatic nitrogens is 2. The van der Waals surface area contributed by atoms with Crippen LogP contribution < -0.4 is 0 Å². The summed E-state index contributed by atoms with van der Waals surface area (Å²) in [4.78, 5) is 0. The summed E-state index contributed by atoms with van der Waals surface area (Å²) < 4.78 is 39.3. The van der Waals surface area contributed by atoms with E-state index in [0.29, 0.717) is 5.69 Å². The Morgan fingerprint density at radius 3 is 1.95 bits per heavy atom. The van der Waals surface area contributed by atoms with Crippen LogP contribution in [0.1, 0.15) is 22.4 Å². The van der Waals surface area contributed by atoms with Crippen molar-refractivity contribution in [2.75, 3.05) is 0 Å². The van der Waals surface area contributed by atoms with Crippen molar-refractivity contribution < 1.29 is 13.2 Å². The minimum absolute atomic E-state index is 0.488. The minimum atomic E-state index is -4.41. The van der Waals surface area contributed by atoms with Gasteiger partial charge in [-0.15, -0.1) is 0 Å². The van der Waals surface area contributed by atoms with Gasteiger partial charge in [-0.1, -0.05) is 17.7 Å².